The molecule has 9 heteroatoms. The number of benzene rings is 2. The van der Waals surface area contributed by atoms with Crippen LogP contribution in [0, 0.1) is 0 Å². The highest BCUT2D eigenvalue weighted by atomic mass is 16.7. The quantitative estimate of drug-likeness (QED) is 0.373. The molecule has 1 aliphatic rings. The summed E-state index contributed by atoms with van der Waals surface area (Å²) in [6.07, 6.45) is 7.57. The average Bonchev–Trinajstić information content (AvgIpc) is 3.53. The van der Waals surface area contributed by atoms with Crippen molar-refractivity contribution in [2.75, 3.05) is 6.79 Å². The second-order valence-corrected chi connectivity index (χ2v) is 8.24. The Morgan fingerprint density at radius 3 is 2.77 bits per heavy atom. The molecule has 0 N–H and O–H groups in total. The van der Waals surface area contributed by atoms with E-state index in [1.54, 1.807) is 52.2 Å². The topological polar surface area (TPSA) is 93.3 Å². The van der Waals surface area contributed by atoms with Crippen molar-refractivity contribution in [2.24, 2.45) is 7.05 Å². The van der Waals surface area contributed by atoms with Gasteiger partial charge in [0.25, 0.3) is 5.56 Å². The van der Waals surface area contributed by atoms with Crippen LogP contribution < -0.4 is 19.8 Å². The van der Waals surface area contributed by atoms with Crippen molar-refractivity contribution >= 4 is 10.9 Å². The van der Waals surface area contributed by atoms with E-state index >= 15 is 0 Å². The highest BCUT2D eigenvalue weighted by molar-refractivity contribution is 5.79. The number of aryl methyl sites for hydroxylation is 3. The Morgan fingerprint density at radius 2 is 1.89 bits per heavy atom. The first kappa shape index (κ1) is 20.9. The molecule has 0 bridgehead atoms. The molecule has 0 unspecified atom stereocenters. The van der Waals surface area contributed by atoms with Crippen LogP contribution in [-0.4, -0.2) is 31.1 Å². The molecule has 0 atom stereocenters. The zero-order chi connectivity index (χ0) is 23.8. The molecule has 0 amide bonds. The number of hydrogen-bond acceptors (Lipinski definition) is 7. The van der Waals surface area contributed by atoms with Crippen LogP contribution in [-0.2, 0) is 20.0 Å². The molecule has 35 heavy (non-hydrogen) atoms. The Kier molecular flexibility index (Phi) is 5.14. The van der Waals surface area contributed by atoms with Gasteiger partial charge in [-0.25, -0.2) is 4.98 Å². The summed E-state index contributed by atoms with van der Waals surface area (Å²) in [6.45, 7) is 0.729. The van der Waals surface area contributed by atoms with E-state index in [9.17, 15) is 4.79 Å². The van der Waals surface area contributed by atoms with Gasteiger partial charge in [0.2, 0.25) is 6.79 Å². The largest absolute Gasteiger partial charge is 0.457 e. The maximum absolute atomic E-state index is 13.2. The lowest BCUT2D eigenvalue weighted by Gasteiger charge is -2.10. The Morgan fingerprint density at radius 1 is 1.00 bits per heavy atom. The number of hydrogen-bond donors (Lipinski definition) is 0. The van der Waals surface area contributed by atoms with E-state index in [1.807, 2.05) is 37.5 Å². The molecular weight excluding hydrogens is 446 g/mol. The summed E-state index contributed by atoms with van der Waals surface area (Å²) in [6, 6.07) is 14.8. The molecule has 174 valence electrons. The third-order valence-corrected chi connectivity index (χ3v) is 5.84. The van der Waals surface area contributed by atoms with Crippen molar-refractivity contribution in [2.45, 2.75) is 13.0 Å². The van der Waals surface area contributed by atoms with Crippen molar-refractivity contribution in [1.29, 1.82) is 0 Å². The molecule has 2 aromatic carbocycles. The standard InChI is InChI=1S/C26H21N5O4/c1-30-14-18(13-29-30)23-12-20(6-8-27-23)35-19-3-4-22-21(11-19)26(32)31(15-28-22)9-7-17-2-5-24-25(10-17)34-16-33-24/h2-6,8,10-15H,7,9,16H2,1H3. The van der Waals surface area contributed by atoms with Crippen molar-refractivity contribution in [3.63, 3.8) is 0 Å². The van der Waals surface area contributed by atoms with Gasteiger partial charge >= 0.3 is 0 Å². The molecule has 0 spiro atoms. The molecule has 0 fully saturated rings. The first-order valence-corrected chi connectivity index (χ1v) is 11.1. The Bertz CT molecular complexity index is 1610. The molecule has 0 aliphatic carbocycles. The summed E-state index contributed by atoms with van der Waals surface area (Å²) in [5.74, 6) is 2.64. The number of nitrogens with zero attached hydrogens (tertiary/aromatic N) is 5. The fourth-order valence-corrected chi connectivity index (χ4v) is 4.03. The molecule has 0 saturated heterocycles. The average molecular weight is 467 g/mol. The van der Waals surface area contributed by atoms with Crippen molar-refractivity contribution < 1.29 is 14.2 Å². The summed E-state index contributed by atoms with van der Waals surface area (Å²) in [7, 11) is 1.86. The minimum atomic E-state index is -0.119. The summed E-state index contributed by atoms with van der Waals surface area (Å²) in [5, 5.41) is 4.69. The Labute approximate surface area is 200 Å². The van der Waals surface area contributed by atoms with Crippen molar-refractivity contribution in [3.05, 3.63) is 89.4 Å². The number of ether oxygens (including phenoxy) is 3. The van der Waals surface area contributed by atoms with E-state index < -0.39 is 0 Å². The van der Waals surface area contributed by atoms with Gasteiger partial charge in [-0.15, -0.1) is 0 Å². The van der Waals surface area contributed by atoms with Crippen LogP contribution in [0.5, 0.6) is 23.0 Å². The first-order valence-electron chi connectivity index (χ1n) is 11.1. The molecule has 4 heterocycles. The Hall–Kier alpha value is -4.66. The van der Waals surface area contributed by atoms with E-state index in [2.05, 4.69) is 15.1 Å². The van der Waals surface area contributed by atoms with Crippen LogP contribution >= 0.6 is 0 Å². The molecular formula is C26H21N5O4. The molecule has 1 aliphatic heterocycles. The minimum absolute atomic E-state index is 0.119. The van der Waals surface area contributed by atoms with Gasteiger partial charge in [-0.2, -0.15) is 5.10 Å². The second kappa shape index (κ2) is 8.60. The normalized spacial score (nSPS) is 12.3. The molecule has 5 aromatic rings. The maximum atomic E-state index is 13.2. The van der Waals surface area contributed by atoms with Crippen LogP contribution in [0.4, 0.5) is 0 Å². The highest BCUT2D eigenvalue weighted by Gasteiger charge is 2.14. The van der Waals surface area contributed by atoms with Gasteiger partial charge < -0.3 is 14.2 Å². The molecule has 0 saturated carbocycles. The summed E-state index contributed by atoms with van der Waals surface area (Å²) < 4.78 is 20.2. The molecule has 9 nitrogen and oxygen atoms in total. The lowest BCUT2D eigenvalue weighted by Crippen LogP contribution is -2.21. The Balaban J connectivity index is 1.23. The van der Waals surface area contributed by atoms with Crippen LogP contribution in [0.2, 0.25) is 0 Å². The van der Waals surface area contributed by atoms with Gasteiger partial charge in [-0.1, -0.05) is 6.07 Å². The highest BCUT2D eigenvalue weighted by Crippen LogP contribution is 2.32. The van der Waals surface area contributed by atoms with Gasteiger partial charge in [0, 0.05) is 37.6 Å². The maximum Gasteiger partial charge on any atom is 0.261 e. The van der Waals surface area contributed by atoms with Crippen molar-refractivity contribution in [3.8, 4) is 34.3 Å². The lowest BCUT2D eigenvalue weighted by atomic mass is 10.1. The van der Waals surface area contributed by atoms with Crippen molar-refractivity contribution in [1.82, 2.24) is 24.3 Å². The SMILES string of the molecule is Cn1cc(-c2cc(Oc3ccc4ncn(CCc5ccc6c(c5)OCO6)c(=O)c4c3)ccn2)cn1. The first-order chi connectivity index (χ1) is 17.1. The van der Waals surface area contributed by atoms with Crippen LogP contribution in [0.15, 0.2) is 78.2 Å². The molecule has 0 radical (unpaired) electrons. The van der Waals surface area contributed by atoms with E-state index in [1.165, 1.54) is 0 Å². The number of aromatic nitrogens is 5. The zero-order valence-electron chi connectivity index (χ0n) is 18.9. The third-order valence-electron chi connectivity index (χ3n) is 5.84. The predicted molar refractivity (Wildman–Crippen MR) is 129 cm³/mol. The van der Waals surface area contributed by atoms with Gasteiger partial charge in [-0.3, -0.25) is 19.0 Å². The van der Waals surface area contributed by atoms with Crippen LogP contribution in [0.1, 0.15) is 5.56 Å². The third kappa shape index (κ3) is 4.19. The van der Waals surface area contributed by atoms with Gasteiger partial charge in [0.05, 0.1) is 29.1 Å². The van der Waals surface area contributed by atoms with Gasteiger partial charge in [-0.05, 0) is 48.4 Å². The van der Waals surface area contributed by atoms with E-state index in [-0.39, 0.29) is 12.4 Å². The summed E-state index contributed by atoms with van der Waals surface area (Å²) in [4.78, 5) is 22.0. The smallest absolute Gasteiger partial charge is 0.261 e. The van der Waals surface area contributed by atoms with Crippen LogP contribution in [0.3, 0.4) is 0 Å². The van der Waals surface area contributed by atoms with Gasteiger partial charge in [0.15, 0.2) is 11.5 Å². The lowest BCUT2D eigenvalue weighted by molar-refractivity contribution is 0.174. The monoisotopic (exact) mass is 467 g/mol. The predicted octanol–water partition coefficient (Wildman–Crippen LogP) is 3.96. The van der Waals surface area contributed by atoms with E-state index in [4.69, 9.17) is 14.2 Å². The van der Waals surface area contributed by atoms with Gasteiger partial charge in [0.1, 0.15) is 11.5 Å². The number of pyridine rings is 1. The van der Waals surface area contributed by atoms with E-state index in [0.717, 1.165) is 28.3 Å². The zero-order valence-corrected chi connectivity index (χ0v) is 18.9. The minimum Gasteiger partial charge on any atom is -0.457 e. The second-order valence-electron chi connectivity index (χ2n) is 8.24. The van der Waals surface area contributed by atoms with E-state index in [0.29, 0.717) is 35.4 Å². The molecule has 6 rings (SSSR count). The summed E-state index contributed by atoms with van der Waals surface area (Å²) >= 11 is 0. The molecule has 3 aromatic heterocycles. The fraction of sp³-hybridized carbons (Fsp3) is 0.154. The summed E-state index contributed by atoms with van der Waals surface area (Å²) in [5.41, 5.74) is 3.20. The fourth-order valence-electron chi connectivity index (χ4n) is 4.03. The van der Waals surface area contributed by atoms with Crippen LogP contribution in [0.25, 0.3) is 22.2 Å². The number of rotatable bonds is 6. The number of fused-ring (bicyclic) bond motifs is 2.